The second-order valence-corrected chi connectivity index (χ2v) is 9.25. The molecule has 2 aromatic rings. The molecule has 1 amide bonds. The normalized spacial score (nSPS) is 15.5. The lowest BCUT2D eigenvalue weighted by atomic mass is 10.3. The molecule has 0 unspecified atom stereocenters. The number of benzene rings is 2. The van der Waals surface area contributed by atoms with Gasteiger partial charge in [-0.1, -0.05) is 23.7 Å². The first-order valence-electron chi connectivity index (χ1n) is 8.39. The summed E-state index contributed by atoms with van der Waals surface area (Å²) in [6.45, 7) is 0.605. The van der Waals surface area contributed by atoms with Crippen LogP contribution in [0.5, 0.6) is 5.75 Å². The Balaban J connectivity index is 1.57. The maximum absolute atomic E-state index is 13.1. The van der Waals surface area contributed by atoms with E-state index in [0.29, 0.717) is 10.2 Å². The monoisotopic (exact) mass is 490 g/mol. The van der Waals surface area contributed by atoms with Crippen LogP contribution in [0.1, 0.15) is 0 Å². The van der Waals surface area contributed by atoms with Gasteiger partial charge in [-0.2, -0.15) is 4.31 Å². The van der Waals surface area contributed by atoms with Crippen molar-refractivity contribution < 1.29 is 22.3 Å². The number of hydrogen-bond acceptors (Lipinski definition) is 4. The van der Waals surface area contributed by atoms with Crippen molar-refractivity contribution in [3.63, 3.8) is 0 Å². The number of carbonyl (C=O) groups excluding carboxylic acids is 1. The third kappa shape index (κ3) is 4.65. The molecule has 1 aliphatic rings. The van der Waals surface area contributed by atoms with Crippen molar-refractivity contribution in [1.82, 2.24) is 9.21 Å². The molecule has 1 aliphatic heterocycles. The van der Waals surface area contributed by atoms with Crippen molar-refractivity contribution in [2.75, 3.05) is 32.8 Å². The van der Waals surface area contributed by atoms with E-state index in [1.165, 1.54) is 39.5 Å². The molecule has 0 aliphatic carbocycles. The minimum Gasteiger partial charge on any atom is -0.483 e. The molecule has 0 atom stereocenters. The molecule has 10 heteroatoms. The van der Waals surface area contributed by atoms with E-state index in [4.69, 9.17) is 16.3 Å². The predicted octanol–water partition coefficient (Wildman–Crippen LogP) is 3.15. The summed E-state index contributed by atoms with van der Waals surface area (Å²) >= 11 is 9.19. The summed E-state index contributed by atoms with van der Waals surface area (Å²) in [5.41, 5.74) is 0. The van der Waals surface area contributed by atoms with Crippen LogP contribution in [0, 0.1) is 5.82 Å². The van der Waals surface area contributed by atoms with Gasteiger partial charge in [0.1, 0.15) is 16.5 Å². The van der Waals surface area contributed by atoms with Crippen LogP contribution in [-0.4, -0.2) is 56.3 Å². The lowest BCUT2D eigenvalue weighted by molar-refractivity contribution is -0.134. The van der Waals surface area contributed by atoms with Gasteiger partial charge in [0.05, 0.1) is 9.50 Å². The van der Waals surface area contributed by atoms with Gasteiger partial charge < -0.3 is 9.64 Å². The van der Waals surface area contributed by atoms with E-state index in [1.807, 2.05) is 0 Å². The van der Waals surface area contributed by atoms with Gasteiger partial charge in [-0.25, -0.2) is 12.8 Å². The number of piperazine rings is 1. The molecule has 0 aromatic heterocycles. The fraction of sp³-hybridized carbons (Fsp3) is 0.278. The lowest BCUT2D eigenvalue weighted by Gasteiger charge is -2.34. The number of nitrogens with zero attached hydrogens (tertiary/aromatic N) is 2. The second kappa shape index (κ2) is 8.77. The summed E-state index contributed by atoms with van der Waals surface area (Å²) in [5.74, 6) is -0.331. The Labute approximate surface area is 176 Å². The maximum atomic E-state index is 13.1. The summed E-state index contributed by atoms with van der Waals surface area (Å²) in [7, 11) is -3.72. The molecule has 0 N–H and O–H groups in total. The number of amides is 1. The number of ether oxygens (including phenoxy) is 1. The van der Waals surface area contributed by atoms with Gasteiger partial charge in [0, 0.05) is 26.2 Å². The van der Waals surface area contributed by atoms with E-state index in [-0.39, 0.29) is 48.6 Å². The summed E-state index contributed by atoms with van der Waals surface area (Å²) in [4.78, 5) is 13.9. The Morgan fingerprint density at radius 1 is 1.14 bits per heavy atom. The minimum absolute atomic E-state index is 0.0564. The summed E-state index contributed by atoms with van der Waals surface area (Å²) in [6, 6.07) is 10.2. The zero-order valence-electron chi connectivity index (χ0n) is 14.6. The number of halogens is 3. The first-order valence-corrected chi connectivity index (χ1v) is 11.0. The lowest BCUT2D eigenvalue weighted by Crippen LogP contribution is -2.51. The van der Waals surface area contributed by atoms with Gasteiger partial charge in [0.25, 0.3) is 5.91 Å². The SMILES string of the molecule is O=C(COc1ccc(F)cc1Br)N1CCN(S(=O)(=O)c2ccccc2Cl)CC1. The fourth-order valence-electron chi connectivity index (χ4n) is 2.79. The molecule has 0 spiro atoms. The minimum atomic E-state index is -3.72. The van der Waals surface area contributed by atoms with Crippen molar-refractivity contribution in [3.8, 4) is 5.75 Å². The second-order valence-electron chi connectivity index (χ2n) is 6.08. The largest absolute Gasteiger partial charge is 0.483 e. The van der Waals surface area contributed by atoms with Crippen molar-refractivity contribution >= 4 is 43.5 Å². The van der Waals surface area contributed by atoms with Gasteiger partial charge >= 0.3 is 0 Å². The molecule has 3 rings (SSSR count). The molecule has 28 heavy (non-hydrogen) atoms. The average Bonchev–Trinajstić information content (AvgIpc) is 2.67. The first kappa shape index (κ1) is 21.0. The highest BCUT2D eigenvalue weighted by Gasteiger charge is 2.31. The standard InChI is InChI=1S/C18H17BrClFN2O4S/c19-14-11-13(21)5-6-16(14)27-12-18(24)22-7-9-23(10-8-22)28(25,26)17-4-2-1-3-15(17)20/h1-6,11H,7-10,12H2. The molecule has 150 valence electrons. The summed E-state index contributed by atoms with van der Waals surface area (Å²) in [6.07, 6.45) is 0. The van der Waals surface area contributed by atoms with Crippen LogP contribution in [0.25, 0.3) is 0 Å². The highest BCUT2D eigenvalue weighted by atomic mass is 79.9. The fourth-order valence-corrected chi connectivity index (χ4v) is 5.17. The quantitative estimate of drug-likeness (QED) is 0.644. The van der Waals surface area contributed by atoms with E-state index in [0.717, 1.165) is 0 Å². The molecule has 6 nitrogen and oxygen atoms in total. The first-order chi connectivity index (χ1) is 13.3. The Morgan fingerprint density at radius 2 is 1.82 bits per heavy atom. The Kier molecular flexibility index (Phi) is 6.59. The van der Waals surface area contributed by atoms with E-state index in [1.54, 1.807) is 12.1 Å². The van der Waals surface area contributed by atoms with Gasteiger partial charge in [-0.05, 0) is 46.3 Å². The molecule has 0 radical (unpaired) electrons. The molecule has 0 saturated carbocycles. The zero-order valence-corrected chi connectivity index (χ0v) is 17.8. The van der Waals surface area contributed by atoms with E-state index >= 15 is 0 Å². The van der Waals surface area contributed by atoms with E-state index < -0.39 is 15.8 Å². The van der Waals surface area contributed by atoms with Crippen molar-refractivity contribution in [2.24, 2.45) is 0 Å². The Hall–Kier alpha value is -1.68. The predicted molar refractivity (Wildman–Crippen MR) is 106 cm³/mol. The number of sulfonamides is 1. The molecular formula is C18H17BrClFN2O4S. The Bertz CT molecular complexity index is 981. The van der Waals surface area contributed by atoms with Crippen LogP contribution in [-0.2, 0) is 14.8 Å². The average molecular weight is 492 g/mol. The number of carbonyl (C=O) groups is 1. The van der Waals surface area contributed by atoms with Crippen molar-refractivity contribution in [2.45, 2.75) is 4.90 Å². The van der Waals surface area contributed by atoms with Crippen LogP contribution in [0.3, 0.4) is 0 Å². The van der Waals surface area contributed by atoms with Crippen LogP contribution in [0.2, 0.25) is 5.02 Å². The van der Waals surface area contributed by atoms with Gasteiger partial charge in [0.2, 0.25) is 10.0 Å². The zero-order chi connectivity index (χ0) is 20.3. The molecule has 0 bridgehead atoms. The Morgan fingerprint density at radius 3 is 2.46 bits per heavy atom. The van der Waals surface area contributed by atoms with Gasteiger partial charge in [-0.3, -0.25) is 4.79 Å². The highest BCUT2D eigenvalue weighted by Crippen LogP contribution is 2.26. The highest BCUT2D eigenvalue weighted by molar-refractivity contribution is 9.10. The van der Waals surface area contributed by atoms with E-state index in [2.05, 4.69) is 15.9 Å². The summed E-state index contributed by atoms with van der Waals surface area (Å²) in [5, 5.41) is 0.166. The molecule has 2 aromatic carbocycles. The molecular weight excluding hydrogens is 475 g/mol. The summed E-state index contributed by atoms with van der Waals surface area (Å²) < 4.78 is 45.7. The van der Waals surface area contributed by atoms with Gasteiger partial charge in [-0.15, -0.1) is 0 Å². The number of hydrogen-bond donors (Lipinski definition) is 0. The molecule has 1 heterocycles. The third-order valence-corrected chi connectivity index (χ3v) is 7.31. The molecule has 1 fully saturated rings. The number of rotatable bonds is 5. The van der Waals surface area contributed by atoms with Gasteiger partial charge in [0.15, 0.2) is 6.61 Å². The van der Waals surface area contributed by atoms with Crippen LogP contribution < -0.4 is 4.74 Å². The third-order valence-electron chi connectivity index (χ3n) is 4.29. The smallest absolute Gasteiger partial charge is 0.260 e. The van der Waals surface area contributed by atoms with E-state index in [9.17, 15) is 17.6 Å². The van der Waals surface area contributed by atoms with Crippen LogP contribution in [0.15, 0.2) is 51.8 Å². The van der Waals surface area contributed by atoms with Crippen molar-refractivity contribution in [3.05, 3.63) is 57.8 Å². The van der Waals surface area contributed by atoms with Crippen LogP contribution >= 0.6 is 27.5 Å². The van der Waals surface area contributed by atoms with Crippen LogP contribution in [0.4, 0.5) is 4.39 Å². The van der Waals surface area contributed by atoms with Crippen molar-refractivity contribution in [1.29, 1.82) is 0 Å². The topological polar surface area (TPSA) is 66.9 Å². The molecule has 1 saturated heterocycles. The maximum Gasteiger partial charge on any atom is 0.260 e.